The van der Waals surface area contributed by atoms with Gasteiger partial charge in [-0.15, -0.1) is 11.3 Å². The molecule has 1 aliphatic carbocycles. The number of aromatic nitrogens is 2. The normalized spacial score (nSPS) is 13.9. The van der Waals surface area contributed by atoms with Gasteiger partial charge in [0.25, 0.3) is 11.5 Å². The number of hydrogen-bond donors (Lipinski definition) is 0. The molecule has 0 aliphatic heterocycles. The molecule has 1 aliphatic rings. The SMILES string of the molecule is CN(Cc1ccco1)C(=O)c1cnc2sc3c(n2c1=O)CCCC3. The van der Waals surface area contributed by atoms with Gasteiger partial charge in [-0.2, -0.15) is 0 Å². The predicted molar refractivity (Wildman–Crippen MR) is 90.5 cm³/mol. The minimum Gasteiger partial charge on any atom is -0.467 e. The Bertz CT molecular complexity index is 956. The van der Waals surface area contributed by atoms with E-state index in [-0.39, 0.29) is 17.0 Å². The van der Waals surface area contributed by atoms with Crippen LogP contribution in [0.5, 0.6) is 0 Å². The molecule has 0 aromatic carbocycles. The number of amides is 1. The molecule has 3 aromatic heterocycles. The minimum atomic E-state index is -0.339. The number of hydrogen-bond acceptors (Lipinski definition) is 5. The summed E-state index contributed by atoms with van der Waals surface area (Å²) in [6.45, 7) is 0.315. The lowest BCUT2D eigenvalue weighted by molar-refractivity contribution is 0.0773. The van der Waals surface area contributed by atoms with Crippen LogP contribution in [0.1, 0.15) is 39.5 Å². The summed E-state index contributed by atoms with van der Waals surface area (Å²) in [6, 6.07) is 3.57. The highest BCUT2D eigenvalue weighted by molar-refractivity contribution is 7.17. The maximum absolute atomic E-state index is 12.9. The zero-order chi connectivity index (χ0) is 16.7. The minimum absolute atomic E-state index is 0.104. The quantitative estimate of drug-likeness (QED) is 0.733. The molecule has 0 N–H and O–H groups in total. The molecule has 0 spiro atoms. The van der Waals surface area contributed by atoms with Gasteiger partial charge in [-0.05, 0) is 37.8 Å². The second kappa shape index (κ2) is 5.90. The van der Waals surface area contributed by atoms with E-state index in [1.807, 2.05) is 0 Å². The molecule has 0 atom stereocenters. The molecule has 0 radical (unpaired) electrons. The topological polar surface area (TPSA) is 67.8 Å². The number of fused-ring (bicyclic) bond motifs is 3. The molecular formula is C17H17N3O3S. The molecular weight excluding hydrogens is 326 g/mol. The number of carbonyl (C=O) groups is 1. The largest absolute Gasteiger partial charge is 0.467 e. The molecule has 0 saturated carbocycles. The molecule has 0 fully saturated rings. The van der Waals surface area contributed by atoms with Crippen LogP contribution in [-0.2, 0) is 19.4 Å². The molecule has 4 rings (SSSR count). The second-order valence-corrected chi connectivity index (χ2v) is 7.08. The standard InChI is InChI=1S/C17H17N3O3S/c1-19(10-11-5-4-8-23-11)15(21)12-9-18-17-20(16(12)22)13-6-2-3-7-14(13)24-17/h4-5,8-9H,2-3,6-7,10H2,1H3. The van der Waals surface area contributed by atoms with Gasteiger partial charge in [-0.1, -0.05) is 0 Å². The monoisotopic (exact) mass is 343 g/mol. The highest BCUT2D eigenvalue weighted by atomic mass is 32.1. The van der Waals surface area contributed by atoms with Crippen LogP contribution >= 0.6 is 11.3 Å². The van der Waals surface area contributed by atoms with E-state index < -0.39 is 0 Å². The number of nitrogens with zero attached hydrogens (tertiary/aromatic N) is 3. The lowest BCUT2D eigenvalue weighted by Crippen LogP contribution is -2.33. The summed E-state index contributed by atoms with van der Waals surface area (Å²) in [4.78, 5) is 33.3. The Morgan fingerprint density at radius 2 is 2.25 bits per heavy atom. The van der Waals surface area contributed by atoms with Gasteiger partial charge in [-0.3, -0.25) is 14.0 Å². The zero-order valence-electron chi connectivity index (χ0n) is 13.3. The first-order chi connectivity index (χ1) is 11.6. The van der Waals surface area contributed by atoms with Crippen LogP contribution in [0.25, 0.3) is 4.96 Å². The first-order valence-electron chi connectivity index (χ1n) is 7.95. The molecule has 0 bridgehead atoms. The van der Waals surface area contributed by atoms with Gasteiger partial charge in [-0.25, -0.2) is 4.98 Å². The summed E-state index contributed by atoms with van der Waals surface area (Å²) in [5, 5.41) is 0. The third kappa shape index (κ3) is 2.45. The van der Waals surface area contributed by atoms with E-state index >= 15 is 0 Å². The maximum Gasteiger partial charge on any atom is 0.271 e. The lowest BCUT2D eigenvalue weighted by atomic mass is 10.0. The fourth-order valence-electron chi connectivity index (χ4n) is 3.13. The predicted octanol–water partition coefficient (Wildman–Crippen LogP) is 2.50. The van der Waals surface area contributed by atoms with Crippen molar-refractivity contribution in [3.8, 4) is 0 Å². The number of rotatable bonds is 3. The van der Waals surface area contributed by atoms with Crippen LogP contribution < -0.4 is 5.56 Å². The van der Waals surface area contributed by atoms with Crippen molar-refractivity contribution in [2.24, 2.45) is 0 Å². The van der Waals surface area contributed by atoms with Crippen molar-refractivity contribution in [3.63, 3.8) is 0 Å². The molecule has 124 valence electrons. The van der Waals surface area contributed by atoms with Crippen molar-refractivity contribution >= 4 is 22.2 Å². The highest BCUT2D eigenvalue weighted by Crippen LogP contribution is 2.28. The molecule has 6 nitrogen and oxygen atoms in total. The molecule has 0 unspecified atom stereocenters. The van der Waals surface area contributed by atoms with Gasteiger partial charge in [0.1, 0.15) is 11.3 Å². The molecule has 0 saturated heterocycles. The second-order valence-electron chi connectivity index (χ2n) is 6.01. The number of furan rings is 1. The van der Waals surface area contributed by atoms with Crippen molar-refractivity contribution in [3.05, 3.63) is 56.8 Å². The summed E-state index contributed by atoms with van der Waals surface area (Å²) in [5.41, 5.74) is 0.866. The summed E-state index contributed by atoms with van der Waals surface area (Å²) >= 11 is 1.56. The first kappa shape index (κ1) is 15.1. The van der Waals surface area contributed by atoms with Crippen molar-refractivity contribution in [2.75, 3.05) is 7.05 Å². The van der Waals surface area contributed by atoms with Crippen molar-refractivity contribution in [1.82, 2.24) is 14.3 Å². The van der Waals surface area contributed by atoms with E-state index in [2.05, 4.69) is 4.98 Å². The van der Waals surface area contributed by atoms with Gasteiger partial charge in [0.05, 0.1) is 12.8 Å². The van der Waals surface area contributed by atoms with Crippen LogP contribution in [0.4, 0.5) is 0 Å². The fraction of sp³-hybridized carbons (Fsp3) is 0.353. The van der Waals surface area contributed by atoms with E-state index in [1.165, 1.54) is 16.0 Å². The van der Waals surface area contributed by atoms with Crippen molar-refractivity contribution in [1.29, 1.82) is 0 Å². The third-order valence-electron chi connectivity index (χ3n) is 4.35. The van der Waals surface area contributed by atoms with E-state index in [0.29, 0.717) is 17.3 Å². The Morgan fingerprint density at radius 1 is 1.42 bits per heavy atom. The number of aryl methyl sites for hydroxylation is 2. The maximum atomic E-state index is 12.9. The summed E-state index contributed by atoms with van der Waals surface area (Å²) < 4.78 is 6.89. The number of thiazole rings is 1. The molecule has 7 heteroatoms. The summed E-state index contributed by atoms with van der Waals surface area (Å²) in [7, 11) is 1.66. The van der Waals surface area contributed by atoms with E-state index in [4.69, 9.17) is 4.42 Å². The van der Waals surface area contributed by atoms with Crippen molar-refractivity contribution in [2.45, 2.75) is 32.2 Å². The lowest BCUT2D eigenvalue weighted by Gasteiger charge is -2.15. The first-order valence-corrected chi connectivity index (χ1v) is 8.77. The summed E-state index contributed by atoms with van der Waals surface area (Å²) in [6.07, 6.45) is 7.05. The average molecular weight is 343 g/mol. The van der Waals surface area contributed by atoms with Gasteiger partial charge in [0.2, 0.25) is 0 Å². The van der Waals surface area contributed by atoms with Crippen LogP contribution in [0.2, 0.25) is 0 Å². The van der Waals surface area contributed by atoms with Crippen molar-refractivity contribution < 1.29 is 9.21 Å². The highest BCUT2D eigenvalue weighted by Gasteiger charge is 2.23. The molecule has 3 aromatic rings. The molecule has 24 heavy (non-hydrogen) atoms. The Kier molecular flexibility index (Phi) is 3.72. The van der Waals surface area contributed by atoms with Crippen LogP contribution in [0.15, 0.2) is 33.8 Å². The van der Waals surface area contributed by atoms with Crippen LogP contribution in [0.3, 0.4) is 0 Å². The zero-order valence-corrected chi connectivity index (χ0v) is 14.1. The smallest absolute Gasteiger partial charge is 0.271 e. The van der Waals surface area contributed by atoms with Gasteiger partial charge >= 0.3 is 0 Å². The summed E-state index contributed by atoms with van der Waals surface area (Å²) in [5.74, 6) is 0.335. The van der Waals surface area contributed by atoms with Gasteiger partial charge in [0, 0.05) is 23.8 Å². The third-order valence-corrected chi connectivity index (χ3v) is 5.51. The average Bonchev–Trinajstić information content (AvgIpc) is 3.21. The Labute approximate surface area is 142 Å². The molecule has 1 amide bonds. The van der Waals surface area contributed by atoms with E-state index in [9.17, 15) is 9.59 Å². The number of carbonyl (C=O) groups excluding carboxylic acids is 1. The van der Waals surface area contributed by atoms with Crippen LogP contribution in [0, 0.1) is 0 Å². The Hall–Kier alpha value is -2.41. The Balaban J connectivity index is 1.72. The van der Waals surface area contributed by atoms with Gasteiger partial charge < -0.3 is 9.32 Å². The van der Waals surface area contributed by atoms with E-state index in [1.54, 1.807) is 41.2 Å². The fourth-order valence-corrected chi connectivity index (χ4v) is 4.30. The molecule has 3 heterocycles. The van der Waals surface area contributed by atoms with Crippen LogP contribution in [-0.4, -0.2) is 27.2 Å². The van der Waals surface area contributed by atoms with Gasteiger partial charge in [0.15, 0.2) is 4.96 Å². The van der Waals surface area contributed by atoms with E-state index in [0.717, 1.165) is 31.4 Å². The Morgan fingerprint density at radius 3 is 3.04 bits per heavy atom.